The Morgan fingerprint density at radius 1 is 0.407 bits per heavy atom. The van der Waals surface area contributed by atoms with E-state index in [4.69, 9.17) is 8.83 Å². The lowest BCUT2D eigenvalue weighted by atomic mass is 9.42. The maximum atomic E-state index is 7.38. The van der Waals surface area contributed by atoms with Gasteiger partial charge in [0.2, 0.25) is 0 Å². The normalized spacial score (nSPS) is 16.0. The molecule has 0 saturated heterocycles. The Morgan fingerprint density at radius 2 is 0.965 bits per heavy atom. The van der Waals surface area contributed by atoms with E-state index in [1.54, 1.807) is 0 Å². The van der Waals surface area contributed by atoms with Crippen LogP contribution in [0.25, 0.3) is 88.7 Å². The maximum Gasteiger partial charge on any atom is 0.333 e. The topological polar surface area (TPSA) is 32.8 Å². The minimum atomic E-state index is -0.395. The molecule has 4 heterocycles. The first-order chi connectivity index (χ1) is 41.2. The lowest BCUT2D eigenvalue weighted by molar-refractivity contribution is 0.332. The molecule has 2 aliphatic carbocycles. The van der Waals surface area contributed by atoms with E-state index >= 15 is 0 Å². The number of anilines is 5. The predicted molar refractivity (Wildman–Crippen MR) is 364 cm³/mol. The molecule has 0 atom stereocenters. The van der Waals surface area contributed by atoms with E-state index in [9.17, 15) is 0 Å². The summed E-state index contributed by atoms with van der Waals surface area (Å²) in [5.74, 6) is 1.72. The molecular formula is C81H73BN2O2. The van der Waals surface area contributed by atoms with E-state index < -0.39 is 5.41 Å². The number of hydrogen-bond donors (Lipinski definition) is 0. The summed E-state index contributed by atoms with van der Waals surface area (Å²) in [7, 11) is 0. The monoisotopic (exact) mass is 1120 g/mol. The molecule has 4 nitrogen and oxygen atoms in total. The van der Waals surface area contributed by atoms with Crippen LogP contribution >= 0.6 is 0 Å². The van der Waals surface area contributed by atoms with Crippen LogP contribution < -0.4 is 20.6 Å². The van der Waals surface area contributed by atoms with Gasteiger partial charge >= 0.3 is 6.85 Å². The van der Waals surface area contributed by atoms with Crippen molar-refractivity contribution in [1.82, 2.24) is 0 Å². The lowest BCUT2D eigenvalue weighted by Crippen LogP contribution is -2.62. The number of hydrogen-bond acceptors (Lipinski definition) is 4. The molecule has 0 amide bonds. The van der Waals surface area contributed by atoms with Crippen molar-refractivity contribution >= 4 is 78.9 Å². The molecular weight excluding hydrogens is 1040 g/mol. The van der Waals surface area contributed by atoms with Crippen molar-refractivity contribution in [1.29, 1.82) is 0 Å². The van der Waals surface area contributed by atoms with Gasteiger partial charge in [0, 0.05) is 78.0 Å². The van der Waals surface area contributed by atoms with Gasteiger partial charge in [-0.1, -0.05) is 223 Å². The summed E-state index contributed by atoms with van der Waals surface area (Å²) in [6.45, 7) is 28.3. The zero-order valence-corrected chi connectivity index (χ0v) is 51.8. The highest BCUT2D eigenvalue weighted by Crippen LogP contribution is 2.60. The first-order valence-corrected chi connectivity index (χ1v) is 31.1. The average molecular weight is 1120 g/mol. The summed E-state index contributed by atoms with van der Waals surface area (Å²) < 4.78 is 14.7. The van der Waals surface area contributed by atoms with E-state index in [2.05, 4.69) is 293 Å². The molecule has 5 heteroatoms. The van der Waals surface area contributed by atoms with Crippen molar-refractivity contribution < 1.29 is 8.83 Å². The molecule has 86 heavy (non-hydrogen) atoms. The highest BCUT2D eigenvalue weighted by atomic mass is 16.3. The van der Waals surface area contributed by atoms with E-state index in [-0.39, 0.29) is 28.5 Å². The largest absolute Gasteiger partial charge is 0.456 e. The Bertz CT molecular complexity index is 4800. The fraction of sp³-hybridized carbons (Fsp3) is 0.235. The van der Waals surface area contributed by atoms with Crippen LogP contribution in [0.5, 0.6) is 0 Å². The molecule has 0 spiro atoms. The van der Waals surface area contributed by atoms with Gasteiger partial charge in [-0.25, -0.2) is 0 Å². The smallest absolute Gasteiger partial charge is 0.333 e. The van der Waals surface area contributed by atoms with E-state index in [0.29, 0.717) is 0 Å². The van der Waals surface area contributed by atoms with Crippen LogP contribution in [0, 0.1) is 0 Å². The zero-order chi connectivity index (χ0) is 59.1. The Kier molecular flexibility index (Phi) is 11.1. The van der Waals surface area contributed by atoms with E-state index in [1.165, 1.54) is 88.8 Å². The van der Waals surface area contributed by atoms with Crippen molar-refractivity contribution in [3.63, 3.8) is 0 Å². The van der Waals surface area contributed by atoms with Crippen LogP contribution in [-0.2, 0) is 27.1 Å². The van der Waals surface area contributed by atoms with Gasteiger partial charge in [-0.3, -0.25) is 0 Å². The molecule has 0 bridgehead atoms. The molecule has 10 aromatic carbocycles. The first-order valence-electron chi connectivity index (χ1n) is 31.1. The minimum Gasteiger partial charge on any atom is -0.456 e. The molecule has 422 valence electrons. The summed E-state index contributed by atoms with van der Waals surface area (Å²) >= 11 is 0. The second-order valence-electron chi connectivity index (χ2n) is 29.1. The number of nitrogens with zero attached hydrogens (tertiary/aromatic N) is 2. The molecule has 0 unspecified atom stereocenters. The summed E-state index contributed by atoms with van der Waals surface area (Å²) in [6.07, 6.45) is 2.28. The van der Waals surface area contributed by atoms with Gasteiger partial charge in [-0.05, 0) is 156 Å². The van der Waals surface area contributed by atoms with Gasteiger partial charge in [-0.15, -0.1) is 0 Å². The van der Waals surface area contributed by atoms with Crippen LogP contribution in [0.15, 0.2) is 209 Å². The quantitative estimate of drug-likeness (QED) is 0.161. The van der Waals surface area contributed by atoms with Gasteiger partial charge in [0.15, 0.2) is 0 Å². The summed E-state index contributed by atoms with van der Waals surface area (Å²) in [6, 6.07) is 76.0. The number of furan rings is 2. The summed E-state index contributed by atoms with van der Waals surface area (Å²) in [5.41, 5.74) is 27.2. The molecule has 12 aromatic rings. The third kappa shape index (κ3) is 7.68. The van der Waals surface area contributed by atoms with Crippen LogP contribution in [0.1, 0.15) is 129 Å². The number of benzene rings is 10. The van der Waals surface area contributed by atoms with Gasteiger partial charge < -0.3 is 18.5 Å². The molecule has 4 aliphatic rings. The number of rotatable bonds is 5. The second-order valence-corrected chi connectivity index (χ2v) is 29.1. The van der Waals surface area contributed by atoms with Crippen LogP contribution in [0.4, 0.5) is 28.4 Å². The average Bonchev–Trinajstić information content (AvgIpc) is 1.25. The molecule has 0 fully saturated rings. The molecule has 2 aromatic heterocycles. The highest BCUT2D eigenvalue weighted by Gasteiger charge is 2.51. The van der Waals surface area contributed by atoms with Crippen molar-refractivity contribution in [3.8, 4) is 56.0 Å². The van der Waals surface area contributed by atoms with Crippen LogP contribution in [-0.4, -0.2) is 6.85 Å². The number of fused-ring (bicyclic) bond motifs is 13. The maximum absolute atomic E-state index is 7.38. The van der Waals surface area contributed by atoms with E-state index in [0.717, 1.165) is 85.6 Å². The molecule has 0 radical (unpaired) electrons. The van der Waals surface area contributed by atoms with Gasteiger partial charge in [0.25, 0.3) is 0 Å². The SMILES string of the molecule is CC(C)(C)c1ccc(N2B3c4cc5c(-c6ccccc6)oc(-c6ccccc6)c5cc4N(c4ccc(C(C)(C)C)cc4-c4ccccc4)c4c3c(cc3c4C(C)(C)c4ccccc4-3)-c3cc4c(cc32)oc2cc3c(cc24)C(C)(C)CCC3(C)C)cc1. The van der Waals surface area contributed by atoms with Crippen molar-refractivity contribution in [2.24, 2.45) is 0 Å². The Morgan fingerprint density at radius 3 is 1.60 bits per heavy atom. The third-order valence-corrected chi connectivity index (χ3v) is 20.4. The minimum absolute atomic E-state index is 0.0303. The van der Waals surface area contributed by atoms with E-state index in [1.807, 2.05) is 0 Å². The second kappa shape index (κ2) is 18.1. The van der Waals surface area contributed by atoms with Crippen LogP contribution in [0.3, 0.4) is 0 Å². The van der Waals surface area contributed by atoms with Crippen molar-refractivity contribution in [2.75, 3.05) is 9.71 Å². The molecule has 16 rings (SSSR count). The Balaban J connectivity index is 1.10. The Labute approximate surface area is 507 Å². The summed E-state index contributed by atoms with van der Waals surface area (Å²) in [4.78, 5) is 5.39. The Hall–Kier alpha value is -8.80. The third-order valence-electron chi connectivity index (χ3n) is 20.4. The molecule has 2 aliphatic heterocycles. The summed E-state index contributed by atoms with van der Waals surface area (Å²) in [5, 5.41) is 4.48. The molecule has 0 saturated carbocycles. The first kappa shape index (κ1) is 52.7. The highest BCUT2D eigenvalue weighted by molar-refractivity contribution is 6.94. The standard InChI is InChI=1S/C81H73BN2O2/c1-77(2,3)51-32-35-53(36-33-51)84-68-47-71-57(58-43-64-65(46-70(58)85-71)80(9,10)39-38-79(64,7)8)41-56(68)60-42-59-54-30-22-23-31-63(54)81(11,12)72(59)74-73(60)82(84)66-44-61-62(76(50-28-20-15-21-29-50)86-75(61)49-26-18-14-19-27-49)45-69(66)83(74)67-37-34-52(78(4,5)6)40-55(67)48-24-16-13-17-25-48/h13-37,40-47H,38-39H2,1-12H3. The fourth-order valence-corrected chi connectivity index (χ4v) is 15.5. The zero-order valence-electron chi connectivity index (χ0n) is 51.8. The predicted octanol–water partition coefficient (Wildman–Crippen LogP) is 21.3. The molecule has 0 N–H and O–H groups in total. The van der Waals surface area contributed by atoms with Gasteiger partial charge in [0.05, 0.1) is 5.69 Å². The van der Waals surface area contributed by atoms with Gasteiger partial charge in [-0.2, -0.15) is 0 Å². The van der Waals surface area contributed by atoms with Crippen LogP contribution in [0.2, 0.25) is 0 Å². The van der Waals surface area contributed by atoms with Crippen molar-refractivity contribution in [2.45, 2.75) is 123 Å². The van der Waals surface area contributed by atoms with Gasteiger partial charge in [0.1, 0.15) is 22.7 Å². The lowest BCUT2D eigenvalue weighted by Gasteiger charge is -2.48. The fourth-order valence-electron chi connectivity index (χ4n) is 15.5. The van der Waals surface area contributed by atoms with Crippen molar-refractivity contribution in [3.05, 3.63) is 234 Å².